The first-order valence-electron chi connectivity index (χ1n) is 20.0. The number of unbranched alkanes of at least 4 members (excludes halogenated alkanes) is 2. The number of aliphatic hydroxyl groups is 1. The molecule has 9 rings (SSSR count). The first kappa shape index (κ1) is 34.7. The second-order valence-electron chi connectivity index (χ2n) is 18.1. The molecule has 52 heavy (non-hydrogen) atoms. The SMILES string of the molecule is CCCCCc1occc1[C@H]1OC(=O)[C@H]2O[C@@]23[C@@]2([C@@H]4CCC[C@H](Cc5ccccc5)C4)C(CC[C@]13C)[C@@]13COC(=O)C[C@@H]1OC(C)(C)[C@H]3C(=O)[C@H]2O. The summed E-state index contributed by atoms with van der Waals surface area (Å²) >= 11 is 0. The van der Waals surface area contributed by atoms with Crippen molar-refractivity contribution in [3.8, 4) is 0 Å². The summed E-state index contributed by atoms with van der Waals surface area (Å²) in [5, 5.41) is 13.2. The van der Waals surface area contributed by atoms with E-state index >= 15 is 4.79 Å². The lowest BCUT2D eigenvalue weighted by atomic mass is 9.32. The minimum absolute atomic E-state index is 0.0598. The number of aliphatic hydroxyl groups excluding tert-OH is 1. The number of furan rings is 1. The fourth-order valence-electron chi connectivity index (χ4n) is 13.6. The zero-order chi connectivity index (χ0) is 36.3. The predicted molar refractivity (Wildman–Crippen MR) is 189 cm³/mol. The maximum absolute atomic E-state index is 15.3. The molecule has 12 atom stereocenters. The highest BCUT2D eigenvalue weighted by molar-refractivity contribution is 5.92. The zero-order valence-electron chi connectivity index (χ0n) is 31.1. The van der Waals surface area contributed by atoms with E-state index in [1.54, 1.807) is 6.26 Å². The first-order chi connectivity index (χ1) is 25.0. The number of carbonyl (C=O) groups is 3. The zero-order valence-corrected chi connectivity index (χ0v) is 31.1. The number of ether oxygens (including phenoxy) is 4. The maximum atomic E-state index is 15.3. The van der Waals surface area contributed by atoms with E-state index in [0.29, 0.717) is 18.8 Å². The third-order valence-corrected chi connectivity index (χ3v) is 15.3. The third-order valence-electron chi connectivity index (χ3n) is 15.3. The highest BCUT2D eigenvalue weighted by Gasteiger charge is 2.92. The first-order valence-corrected chi connectivity index (χ1v) is 20.0. The molecule has 7 fully saturated rings. The van der Waals surface area contributed by atoms with E-state index in [1.165, 1.54) is 5.56 Å². The van der Waals surface area contributed by atoms with Crippen LogP contribution in [0.4, 0.5) is 0 Å². The number of Topliss-reactive ketones (excluding diaryl/α,β-unsaturated/α-hetero) is 1. The quantitative estimate of drug-likeness (QED) is 0.177. The molecule has 9 heteroatoms. The van der Waals surface area contributed by atoms with Crippen LogP contribution in [0.3, 0.4) is 0 Å². The molecule has 0 amide bonds. The number of benzene rings is 1. The Hall–Kier alpha value is -3.01. The molecule has 2 aromatic rings. The van der Waals surface area contributed by atoms with Crippen molar-refractivity contribution in [2.24, 2.45) is 39.9 Å². The number of ketones is 1. The van der Waals surface area contributed by atoms with Crippen molar-refractivity contribution >= 4 is 17.7 Å². The van der Waals surface area contributed by atoms with E-state index in [1.807, 2.05) is 26.0 Å². The molecule has 4 aliphatic heterocycles. The van der Waals surface area contributed by atoms with Crippen LogP contribution in [0.1, 0.15) is 115 Å². The van der Waals surface area contributed by atoms with Gasteiger partial charge in [-0.3, -0.25) is 9.59 Å². The average molecular weight is 715 g/mol. The van der Waals surface area contributed by atoms with E-state index in [0.717, 1.165) is 69.1 Å². The van der Waals surface area contributed by atoms with Crippen LogP contribution in [-0.2, 0) is 46.2 Å². The molecule has 0 radical (unpaired) electrons. The Kier molecular flexibility index (Phi) is 8.01. The molecule has 3 aliphatic carbocycles. The van der Waals surface area contributed by atoms with Crippen LogP contribution in [0.5, 0.6) is 0 Å². The summed E-state index contributed by atoms with van der Waals surface area (Å²) in [4.78, 5) is 42.6. The molecule has 2 spiro atoms. The van der Waals surface area contributed by atoms with E-state index in [9.17, 15) is 14.7 Å². The van der Waals surface area contributed by atoms with Gasteiger partial charge >= 0.3 is 11.9 Å². The van der Waals surface area contributed by atoms with Gasteiger partial charge in [-0.05, 0) is 81.8 Å². The van der Waals surface area contributed by atoms with E-state index < -0.39 is 63.8 Å². The Balaban J connectivity index is 1.23. The van der Waals surface area contributed by atoms with Gasteiger partial charge in [0.2, 0.25) is 0 Å². The number of esters is 2. The molecule has 280 valence electrons. The molecule has 3 saturated carbocycles. The number of fused-ring (bicyclic) bond motifs is 1. The smallest absolute Gasteiger partial charge is 0.339 e. The lowest BCUT2D eigenvalue weighted by Gasteiger charge is -2.70. The summed E-state index contributed by atoms with van der Waals surface area (Å²) in [5.41, 5.74) is -2.71. The van der Waals surface area contributed by atoms with Crippen LogP contribution >= 0.6 is 0 Å². The third kappa shape index (κ3) is 4.42. The summed E-state index contributed by atoms with van der Waals surface area (Å²) in [6.07, 6.45) is 7.90. The van der Waals surface area contributed by atoms with Gasteiger partial charge in [0.1, 0.15) is 30.2 Å². The molecule has 1 N–H and O–H groups in total. The van der Waals surface area contributed by atoms with Gasteiger partial charge in [-0.15, -0.1) is 0 Å². The fraction of sp³-hybridized carbons (Fsp3) is 0.698. The van der Waals surface area contributed by atoms with Crippen molar-refractivity contribution in [1.29, 1.82) is 0 Å². The monoisotopic (exact) mass is 714 g/mol. The Morgan fingerprint density at radius 2 is 1.75 bits per heavy atom. The minimum Gasteiger partial charge on any atom is -0.469 e. The molecule has 9 nitrogen and oxygen atoms in total. The molecule has 7 aliphatic rings. The second-order valence-corrected chi connectivity index (χ2v) is 18.1. The summed E-state index contributed by atoms with van der Waals surface area (Å²) in [6, 6.07) is 12.5. The minimum atomic E-state index is -1.39. The van der Waals surface area contributed by atoms with Crippen LogP contribution in [0.2, 0.25) is 0 Å². The molecule has 1 aromatic carbocycles. The van der Waals surface area contributed by atoms with Crippen LogP contribution in [-0.4, -0.2) is 58.9 Å². The van der Waals surface area contributed by atoms with Gasteiger partial charge in [-0.25, -0.2) is 4.79 Å². The molecular formula is C43H54O9. The summed E-state index contributed by atoms with van der Waals surface area (Å²) < 4.78 is 32.2. The Bertz CT molecular complexity index is 1750. The summed E-state index contributed by atoms with van der Waals surface area (Å²) in [6.45, 7) is 8.24. The van der Waals surface area contributed by atoms with Gasteiger partial charge in [0.25, 0.3) is 0 Å². The lowest BCUT2D eigenvalue weighted by Crippen LogP contribution is -2.79. The number of hydrogen-bond donors (Lipinski definition) is 1. The van der Waals surface area contributed by atoms with Crippen LogP contribution in [0.15, 0.2) is 47.1 Å². The van der Waals surface area contributed by atoms with Gasteiger partial charge < -0.3 is 28.5 Å². The maximum Gasteiger partial charge on any atom is 0.339 e. The number of epoxide rings is 1. The van der Waals surface area contributed by atoms with Gasteiger partial charge in [0.15, 0.2) is 11.9 Å². The van der Waals surface area contributed by atoms with Gasteiger partial charge in [-0.2, -0.15) is 0 Å². The van der Waals surface area contributed by atoms with Crippen LogP contribution in [0, 0.1) is 39.9 Å². The molecule has 5 heterocycles. The van der Waals surface area contributed by atoms with Crippen molar-refractivity contribution in [2.45, 2.75) is 140 Å². The van der Waals surface area contributed by atoms with Crippen molar-refractivity contribution in [1.82, 2.24) is 0 Å². The summed E-state index contributed by atoms with van der Waals surface area (Å²) in [7, 11) is 0. The number of rotatable bonds is 8. The predicted octanol–water partition coefficient (Wildman–Crippen LogP) is 6.87. The van der Waals surface area contributed by atoms with Gasteiger partial charge in [-0.1, -0.05) is 69.9 Å². The molecule has 1 unspecified atom stereocenters. The van der Waals surface area contributed by atoms with Gasteiger partial charge in [0.05, 0.1) is 30.3 Å². The average Bonchev–Trinajstić information content (AvgIpc) is 3.65. The largest absolute Gasteiger partial charge is 0.469 e. The normalized spacial score (nSPS) is 44.4. The highest BCUT2D eigenvalue weighted by atomic mass is 16.7. The van der Waals surface area contributed by atoms with Crippen molar-refractivity contribution in [2.75, 3.05) is 6.61 Å². The van der Waals surface area contributed by atoms with Crippen LogP contribution < -0.4 is 0 Å². The van der Waals surface area contributed by atoms with Gasteiger partial charge in [0, 0.05) is 28.2 Å². The molecule has 1 aromatic heterocycles. The Labute approximate surface area is 306 Å². The molecule has 0 bridgehead atoms. The fourth-order valence-corrected chi connectivity index (χ4v) is 13.6. The molecular weight excluding hydrogens is 660 g/mol. The van der Waals surface area contributed by atoms with E-state index in [4.69, 9.17) is 23.4 Å². The van der Waals surface area contributed by atoms with Crippen molar-refractivity contribution in [3.05, 3.63) is 59.5 Å². The van der Waals surface area contributed by atoms with E-state index in [2.05, 4.69) is 38.1 Å². The van der Waals surface area contributed by atoms with Crippen LogP contribution in [0.25, 0.3) is 0 Å². The summed E-state index contributed by atoms with van der Waals surface area (Å²) in [5.74, 6) is -0.963. The highest BCUT2D eigenvalue weighted by Crippen LogP contribution is 2.82. The lowest BCUT2D eigenvalue weighted by molar-refractivity contribution is -0.276. The molecule has 4 saturated heterocycles. The van der Waals surface area contributed by atoms with Crippen molar-refractivity contribution < 1.29 is 42.9 Å². The van der Waals surface area contributed by atoms with E-state index in [-0.39, 0.29) is 36.6 Å². The number of cyclic esters (lactones) is 2. The standard InChI is InChI=1S/C43H54O9/c1-5-6-8-16-29-28(18-20-48-29)36-40(4)19-17-30-41-24-49-32(44)23-31(41)51-39(2,3)34(41)33(45)35(46)42(30,43(40)37(52-43)38(47)50-36)27-15-11-14-26(22-27)21-25-12-9-7-10-13-25/h7,9-10,12-13,18,20,26-27,30-31,34-37,46H,5-6,8,11,14-17,19,21-24H2,1-4H3/t26-,27-,30?,31+,34-,35-,36-,37-,40-,41+,42+,43+/m1/s1. The number of carbonyl (C=O) groups excluding carboxylic acids is 3. The Morgan fingerprint density at radius 1 is 0.942 bits per heavy atom. The Morgan fingerprint density at radius 3 is 2.54 bits per heavy atom. The number of aryl methyl sites for hydroxylation is 1. The second kappa shape index (κ2) is 12.0. The van der Waals surface area contributed by atoms with Crippen molar-refractivity contribution in [3.63, 3.8) is 0 Å². The topological polar surface area (TPSA) is 125 Å². The number of hydrogen-bond acceptors (Lipinski definition) is 9.